The van der Waals surface area contributed by atoms with E-state index in [9.17, 15) is 0 Å². The molecule has 19 aromatic carbocycles. The molecule has 2 aliphatic heterocycles. The minimum atomic E-state index is -0.417. The van der Waals surface area contributed by atoms with E-state index in [0.717, 1.165) is 144 Å². The van der Waals surface area contributed by atoms with E-state index in [1.165, 1.54) is 65.7 Å². The number of furan rings is 3. The van der Waals surface area contributed by atoms with E-state index in [0.29, 0.717) is 5.02 Å². The lowest BCUT2D eigenvalue weighted by atomic mass is 9.79. The molecule has 0 amide bonds. The van der Waals surface area contributed by atoms with Gasteiger partial charge in [0, 0.05) is 77.6 Å². The van der Waals surface area contributed by atoms with Gasteiger partial charge in [-0.15, -0.1) is 0 Å². The van der Waals surface area contributed by atoms with E-state index < -0.39 is 36.6 Å². The first-order chi connectivity index (χ1) is 64.3. The lowest BCUT2D eigenvalue weighted by molar-refractivity contribution is 0.00578. The molecule has 3 aromatic heterocycles. The highest BCUT2D eigenvalue weighted by Gasteiger charge is 2.53. The molecule has 2 aliphatic rings. The molecule has 0 aliphatic carbocycles. The minimum Gasteiger partial charge on any atom is -0.455 e. The van der Waals surface area contributed by atoms with Crippen molar-refractivity contribution in [3.05, 3.63) is 424 Å². The van der Waals surface area contributed by atoms with Gasteiger partial charge < -0.3 is 41.7 Å². The monoisotopic (exact) mass is 1750 g/mol. The standard InChI is InChI=1S/C62H39NO2.C42H45B2NO4.C16H9ClO.CH4/c1-2-10-40(11-3-1)41-20-22-42(23-21-41)43-24-32-48(33-25-43)63(49-34-26-46(27-35-49)53-16-8-18-55-59-51-14-6-4-12-44(51)30-38-57(59)64-61(53)55)50-36-28-47(29-37-50)54-17-9-19-56-60-52-15-7-5-13-45(52)31-39-58(60)65-62(54)56;1-39(2)40(3,4)47-43(46-39)34-20-26-37(27-21-34)45(38-28-22-35(23-29-38)44-48-41(5,6)42(7,8)49-44)36-24-18-33(19-25-36)32-16-14-31(15-17-32)30-12-10-9-11-13-30;17-13-7-3-6-12-15-11-5-2-1-4-10(11)8-9-14(15)18-16(12)13;/h1-39H;9-29H,1-8H3;1-9H;1H4. The first-order valence-corrected chi connectivity index (χ1v) is 45.6. The van der Waals surface area contributed by atoms with Crippen LogP contribution in [0, 0.1) is 0 Å². The van der Waals surface area contributed by atoms with E-state index in [4.69, 9.17) is 43.5 Å². The lowest BCUT2D eigenvalue weighted by Gasteiger charge is -2.32. The second-order valence-electron chi connectivity index (χ2n) is 36.4. The average Bonchev–Trinajstić information content (AvgIpc) is 1.62. The Morgan fingerprint density at radius 3 is 0.752 bits per heavy atom. The fraction of sp³-hybridized carbons (Fsp3) is 0.107. The van der Waals surface area contributed by atoms with Crippen LogP contribution in [0.25, 0.3) is 165 Å². The van der Waals surface area contributed by atoms with Crippen molar-refractivity contribution in [2.75, 3.05) is 9.80 Å². The summed E-state index contributed by atoms with van der Waals surface area (Å²) in [6, 6.07) is 148. The molecule has 24 rings (SSSR count). The quantitative estimate of drug-likeness (QED) is 0.0989. The smallest absolute Gasteiger partial charge is 0.455 e. The largest absolute Gasteiger partial charge is 0.494 e. The summed E-state index contributed by atoms with van der Waals surface area (Å²) in [6.07, 6.45) is 0. The Morgan fingerprint density at radius 1 is 0.211 bits per heavy atom. The van der Waals surface area contributed by atoms with Gasteiger partial charge >= 0.3 is 14.2 Å². The molecule has 2 saturated heterocycles. The normalized spacial score (nSPS) is 14.2. The summed E-state index contributed by atoms with van der Waals surface area (Å²) in [6.45, 7) is 16.6. The lowest BCUT2D eigenvalue weighted by Crippen LogP contribution is -2.41. The molecule has 22 aromatic rings. The summed E-state index contributed by atoms with van der Waals surface area (Å²) >= 11 is 6.19. The van der Waals surface area contributed by atoms with Crippen LogP contribution in [0.2, 0.25) is 5.02 Å². The molecule has 5 heterocycles. The van der Waals surface area contributed by atoms with Crippen LogP contribution in [0.15, 0.2) is 432 Å². The highest BCUT2D eigenvalue weighted by molar-refractivity contribution is 6.62. The van der Waals surface area contributed by atoms with Crippen LogP contribution in [0.1, 0.15) is 62.8 Å². The summed E-state index contributed by atoms with van der Waals surface area (Å²) in [5, 5.41) is 14.7. The molecule has 12 heteroatoms. The molecular weight excluding hydrogens is 1650 g/mol. The summed E-state index contributed by atoms with van der Waals surface area (Å²) in [5.41, 5.74) is 25.8. The maximum absolute atomic E-state index is 6.63. The third-order valence-electron chi connectivity index (χ3n) is 27.2. The van der Waals surface area contributed by atoms with Gasteiger partial charge in [-0.1, -0.05) is 341 Å². The predicted molar refractivity (Wildman–Crippen MR) is 559 cm³/mol. The van der Waals surface area contributed by atoms with Crippen molar-refractivity contribution < 1.29 is 31.9 Å². The average molecular weight is 1750 g/mol. The predicted octanol–water partition coefficient (Wildman–Crippen LogP) is 33.0. The third kappa shape index (κ3) is 15.9. The summed E-state index contributed by atoms with van der Waals surface area (Å²) < 4.78 is 44.5. The molecule has 0 radical (unpaired) electrons. The van der Waals surface area contributed by atoms with Gasteiger partial charge in [-0.2, -0.15) is 0 Å². The van der Waals surface area contributed by atoms with Gasteiger partial charge in [-0.3, -0.25) is 0 Å². The second-order valence-corrected chi connectivity index (χ2v) is 36.8. The maximum Gasteiger partial charge on any atom is 0.494 e. The van der Waals surface area contributed by atoms with Crippen LogP contribution in [0.3, 0.4) is 0 Å². The fourth-order valence-electron chi connectivity index (χ4n) is 18.7. The molecule has 0 N–H and O–H groups in total. The Kier molecular flexibility index (Phi) is 22.1. The van der Waals surface area contributed by atoms with Crippen molar-refractivity contribution in [3.63, 3.8) is 0 Å². The molecule has 0 spiro atoms. The van der Waals surface area contributed by atoms with Gasteiger partial charge in [0.05, 0.1) is 27.4 Å². The van der Waals surface area contributed by atoms with Gasteiger partial charge in [0.15, 0.2) is 5.58 Å². The molecule has 0 unspecified atom stereocenters. The second kappa shape index (κ2) is 34.5. The Balaban J connectivity index is 0.000000137. The minimum absolute atomic E-state index is 0. The van der Waals surface area contributed by atoms with Crippen molar-refractivity contribution in [3.8, 4) is 66.8 Å². The van der Waals surface area contributed by atoms with Crippen LogP contribution in [0.5, 0.6) is 0 Å². The van der Waals surface area contributed by atoms with Gasteiger partial charge in [-0.05, 0) is 251 Å². The number of halogens is 1. The number of benzene rings is 19. The molecule has 9 nitrogen and oxygen atoms in total. The number of hydrogen-bond acceptors (Lipinski definition) is 9. The number of hydrogen-bond donors (Lipinski definition) is 0. The first-order valence-electron chi connectivity index (χ1n) is 45.2. The topological polar surface area (TPSA) is 82.8 Å². The van der Waals surface area contributed by atoms with Gasteiger partial charge in [0.25, 0.3) is 0 Å². The molecule has 2 fully saturated rings. The van der Waals surface area contributed by atoms with Crippen molar-refractivity contribution in [1.29, 1.82) is 0 Å². The van der Waals surface area contributed by atoms with Crippen molar-refractivity contribution >= 4 is 169 Å². The number of nitrogens with zero attached hydrogens (tertiary/aromatic N) is 2. The zero-order chi connectivity index (χ0) is 89.6. The van der Waals surface area contributed by atoms with Crippen LogP contribution >= 0.6 is 11.6 Å². The molecule has 0 atom stereocenters. The van der Waals surface area contributed by atoms with E-state index in [1.807, 2.05) is 36.4 Å². The maximum atomic E-state index is 6.63. The van der Waals surface area contributed by atoms with Crippen LogP contribution in [-0.4, -0.2) is 36.6 Å². The molecule has 646 valence electrons. The van der Waals surface area contributed by atoms with Crippen LogP contribution in [0.4, 0.5) is 34.1 Å². The SMILES string of the molecule is C.CC1(C)OB(c2ccc(N(c3ccc(B4OC(C)(C)C(C)(C)O4)cc3)c3ccc(-c4ccc(-c5ccccc5)cc4)cc3)cc2)OC1(C)C.Clc1cccc2c1oc1ccc3ccccc3c12.c1ccc(-c2ccc(-c3ccc(N(c4ccc(-c5cccc6c5oc5ccc7ccccc7c56)cc4)c4ccc(-c5cccc6c5oc5ccc7ccccc7c56)cc4)cc3)cc2)cc1. The Labute approximate surface area is 780 Å². The zero-order valence-electron chi connectivity index (χ0n) is 74.6. The molecular formula is C121H97B2ClN2O7. The van der Waals surface area contributed by atoms with E-state index in [2.05, 4.69) is 447 Å². The number of para-hydroxylation sites is 3. The van der Waals surface area contributed by atoms with E-state index >= 15 is 0 Å². The van der Waals surface area contributed by atoms with Crippen molar-refractivity contribution in [2.45, 2.75) is 85.2 Å². The van der Waals surface area contributed by atoms with Crippen molar-refractivity contribution in [1.82, 2.24) is 0 Å². The molecule has 0 bridgehead atoms. The van der Waals surface area contributed by atoms with E-state index in [-0.39, 0.29) is 7.43 Å². The van der Waals surface area contributed by atoms with E-state index in [1.54, 1.807) is 0 Å². The highest BCUT2D eigenvalue weighted by Crippen LogP contribution is 2.48. The van der Waals surface area contributed by atoms with Gasteiger partial charge in [0.1, 0.15) is 27.9 Å². The Bertz CT molecular complexity index is 7750. The van der Waals surface area contributed by atoms with Crippen molar-refractivity contribution in [2.24, 2.45) is 0 Å². The number of fused-ring (bicyclic) bond motifs is 15. The molecule has 0 saturated carbocycles. The first kappa shape index (κ1) is 85.0. The third-order valence-corrected chi connectivity index (χ3v) is 27.5. The summed E-state index contributed by atoms with van der Waals surface area (Å²) in [5.74, 6) is 0. The van der Waals surface area contributed by atoms with Crippen LogP contribution < -0.4 is 20.7 Å². The van der Waals surface area contributed by atoms with Crippen LogP contribution in [-0.2, 0) is 18.6 Å². The number of anilines is 6. The summed E-state index contributed by atoms with van der Waals surface area (Å²) in [4.78, 5) is 4.60. The van der Waals surface area contributed by atoms with Gasteiger partial charge in [0.2, 0.25) is 0 Å². The summed E-state index contributed by atoms with van der Waals surface area (Å²) in [7, 11) is -0.835. The fourth-order valence-corrected chi connectivity index (χ4v) is 18.9. The Morgan fingerprint density at radius 2 is 0.444 bits per heavy atom. The van der Waals surface area contributed by atoms with Gasteiger partial charge in [-0.25, -0.2) is 0 Å². The zero-order valence-corrected chi connectivity index (χ0v) is 75.4. The number of rotatable bonds is 14. The highest BCUT2D eigenvalue weighted by atomic mass is 35.5. The Hall–Kier alpha value is -14.8. The molecule has 133 heavy (non-hydrogen) atoms.